The molecule has 0 aliphatic carbocycles. The Hall–Kier alpha value is -0.466. The molecule has 147 valence electrons. The maximum absolute atomic E-state index is 12.2. The number of aliphatic hydroxyl groups is 1. The van der Waals surface area contributed by atoms with Crippen molar-refractivity contribution in [1.29, 1.82) is 0 Å². The van der Waals surface area contributed by atoms with Crippen LogP contribution in [0.15, 0.2) is 36.4 Å². The Morgan fingerprint density at radius 3 is 2.41 bits per heavy atom. The van der Waals surface area contributed by atoms with Crippen LogP contribution in [0.3, 0.4) is 0 Å². The minimum absolute atomic E-state index is 0. The van der Waals surface area contributed by atoms with Crippen molar-refractivity contribution < 1.29 is 46.2 Å². The topological polar surface area (TPSA) is 69.6 Å². The van der Waals surface area contributed by atoms with Gasteiger partial charge in [-0.25, -0.2) is 8.42 Å². The molecule has 0 spiro atoms. The molecule has 8 heteroatoms. The molecule has 0 amide bonds. The van der Waals surface area contributed by atoms with Gasteiger partial charge in [0.1, 0.15) is 5.00 Å². The first-order valence-corrected chi connectivity index (χ1v) is 11.4. The van der Waals surface area contributed by atoms with Gasteiger partial charge in [0.05, 0.1) is 18.0 Å². The standard InChI is InChI=1S/C19H27N2O3S2.Y/c1-4-6-7-8-17(22)18-13-14-19(25-18)21(26(3,23)24)20-16-11-9-15(5-2)10-12-16;/h9-14,17,20,22H,2,4-8H2,1,3H3;/q-1;. The second-order valence-corrected chi connectivity index (χ2v) is 9.20. The number of sulfonamides is 1. The van der Waals surface area contributed by atoms with E-state index >= 15 is 0 Å². The summed E-state index contributed by atoms with van der Waals surface area (Å²) in [4.78, 5) is 0.777. The zero-order valence-corrected chi connectivity index (χ0v) is 20.4. The minimum atomic E-state index is -3.53. The van der Waals surface area contributed by atoms with E-state index in [0.29, 0.717) is 23.5 Å². The van der Waals surface area contributed by atoms with Gasteiger partial charge in [0, 0.05) is 37.6 Å². The van der Waals surface area contributed by atoms with Crippen molar-refractivity contribution in [2.45, 2.75) is 45.1 Å². The Morgan fingerprint density at radius 2 is 1.85 bits per heavy atom. The maximum atomic E-state index is 12.2. The van der Waals surface area contributed by atoms with Crippen LogP contribution >= 0.6 is 11.3 Å². The second-order valence-electron chi connectivity index (χ2n) is 6.27. The van der Waals surface area contributed by atoms with E-state index in [1.54, 1.807) is 12.1 Å². The van der Waals surface area contributed by atoms with Gasteiger partial charge in [0.15, 0.2) is 0 Å². The number of benzene rings is 1. The van der Waals surface area contributed by atoms with Crippen molar-refractivity contribution in [2.24, 2.45) is 0 Å². The zero-order valence-electron chi connectivity index (χ0n) is 15.9. The molecule has 0 saturated heterocycles. The first-order valence-electron chi connectivity index (χ1n) is 8.78. The van der Waals surface area contributed by atoms with Crippen LogP contribution < -0.4 is 9.84 Å². The van der Waals surface area contributed by atoms with Crippen LogP contribution in [0.5, 0.6) is 0 Å². The van der Waals surface area contributed by atoms with Gasteiger partial charge in [-0.2, -0.15) is 10.8 Å². The van der Waals surface area contributed by atoms with Crippen LogP contribution in [0.4, 0.5) is 10.7 Å². The first-order chi connectivity index (χ1) is 12.3. The fourth-order valence-corrected chi connectivity index (χ4v) is 4.60. The smallest absolute Gasteiger partial charge is 0.250 e. The van der Waals surface area contributed by atoms with E-state index in [9.17, 15) is 13.5 Å². The number of anilines is 2. The number of thiophene rings is 1. The van der Waals surface area contributed by atoms with Crippen molar-refractivity contribution >= 4 is 32.0 Å². The molecule has 2 aromatic rings. The Morgan fingerprint density at radius 1 is 1.19 bits per heavy atom. The third-order valence-corrected chi connectivity index (χ3v) is 6.27. The van der Waals surface area contributed by atoms with Crippen molar-refractivity contribution in [1.82, 2.24) is 0 Å². The molecule has 1 atom stereocenters. The number of aliphatic hydroxyl groups excluding tert-OH is 1. The van der Waals surface area contributed by atoms with Crippen LogP contribution in [0.2, 0.25) is 0 Å². The quantitative estimate of drug-likeness (QED) is 0.295. The van der Waals surface area contributed by atoms with E-state index in [2.05, 4.69) is 19.3 Å². The summed E-state index contributed by atoms with van der Waals surface area (Å²) in [6, 6.07) is 11.0. The van der Waals surface area contributed by atoms with Crippen LogP contribution in [-0.2, 0) is 49.2 Å². The number of nitrogens with one attached hydrogen (secondary N) is 1. The summed E-state index contributed by atoms with van der Waals surface area (Å²) >= 11 is 1.29. The van der Waals surface area contributed by atoms with E-state index in [0.717, 1.165) is 40.4 Å². The van der Waals surface area contributed by atoms with Crippen molar-refractivity contribution in [3.05, 3.63) is 53.8 Å². The van der Waals surface area contributed by atoms with Gasteiger partial charge < -0.3 is 12.0 Å². The van der Waals surface area contributed by atoms with Crippen molar-refractivity contribution in [2.75, 3.05) is 16.1 Å². The van der Waals surface area contributed by atoms with E-state index < -0.39 is 16.1 Å². The molecule has 27 heavy (non-hydrogen) atoms. The fourth-order valence-electron chi connectivity index (χ4n) is 2.53. The molecule has 2 N–H and O–H groups in total. The average Bonchev–Trinajstić information content (AvgIpc) is 3.09. The molecule has 1 aromatic heterocycles. The second kappa shape index (κ2) is 11.5. The summed E-state index contributed by atoms with van der Waals surface area (Å²) in [7, 11) is -3.53. The summed E-state index contributed by atoms with van der Waals surface area (Å²) in [5.41, 5.74) is 4.70. The van der Waals surface area contributed by atoms with Crippen molar-refractivity contribution in [3.8, 4) is 0 Å². The Bertz CT molecular complexity index is 792. The Kier molecular flexibility index (Phi) is 10.5. The Balaban J connectivity index is 0.00000364. The molecule has 0 aliphatic heterocycles. The van der Waals surface area contributed by atoms with E-state index in [1.807, 2.05) is 24.3 Å². The summed E-state index contributed by atoms with van der Waals surface area (Å²) in [6.45, 7) is 5.95. The molecule has 2 rings (SSSR count). The van der Waals surface area contributed by atoms with Crippen LogP contribution in [0.25, 0.3) is 0 Å². The van der Waals surface area contributed by atoms with Gasteiger partial charge in [0.2, 0.25) is 10.0 Å². The van der Waals surface area contributed by atoms with Crippen LogP contribution in [0.1, 0.15) is 49.2 Å². The molecule has 5 nitrogen and oxygen atoms in total. The molecule has 0 fully saturated rings. The van der Waals surface area contributed by atoms with E-state index in [-0.39, 0.29) is 32.7 Å². The Labute approximate surface area is 192 Å². The fraction of sp³-hybridized carbons (Fsp3) is 0.421. The predicted molar refractivity (Wildman–Crippen MR) is 110 cm³/mol. The average molecular weight is 484 g/mol. The van der Waals surface area contributed by atoms with Crippen LogP contribution in [-0.4, -0.2) is 19.8 Å². The SMILES string of the molecule is [CH2-]Cc1ccc(NN(c2ccc(C(O)CCCCC)s2)S(C)(=O)=O)cc1.[Y]. The molecule has 0 saturated carbocycles. The van der Waals surface area contributed by atoms with Gasteiger partial charge in [-0.3, -0.25) is 5.43 Å². The molecule has 1 unspecified atom stereocenters. The molecular formula is C19H27N2O3S2Y-. The van der Waals surface area contributed by atoms with Crippen molar-refractivity contribution in [3.63, 3.8) is 0 Å². The number of nitrogens with zero attached hydrogens (tertiary/aromatic N) is 1. The van der Waals surface area contributed by atoms with Gasteiger partial charge >= 0.3 is 0 Å². The molecule has 1 radical (unpaired) electrons. The van der Waals surface area contributed by atoms with Gasteiger partial charge in [-0.05, 0) is 30.7 Å². The monoisotopic (exact) mass is 484 g/mol. The molecule has 1 aromatic carbocycles. The normalized spacial score (nSPS) is 12.3. The molecular weight excluding hydrogens is 457 g/mol. The molecule has 1 heterocycles. The van der Waals surface area contributed by atoms with Crippen LogP contribution in [0, 0.1) is 6.92 Å². The van der Waals surface area contributed by atoms with E-state index in [1.165, 1.54) is 11.3 Å². The number of unbranched alkanes of at least 4 members (excludes halogenated alkanes) is 2. The molecule has 0 aliphatic rings. The number of hydrogen-bond donors (Lipinski definition) is 2. The first kappa shape index (κ1) is 24.6. The summed E-state index contributed by atoms with van der Waals surface area (Å²) in [6.07, 6.45) is 5.10. The van der Waals surface area contributed by atoms with E-state index in [4.69, 9.17) is 0 Å². The molecule has 0 bridgehead atoms. The largest absolute Gasteiger partial charge is 0.388 e. The minimum Gasteiger partial charge on any atom is -0.388 e. The van der Waals surface area contributed by atoms with Gasteiger partial charge in [-0.15, -0.1) is 11.3 Å². The summed E-state index contributed by atoms with van der Waals surface area (Å²) in [5, 5.41) is 10.8. The third kappa shape index (κ3) is 7.46. The zero-order chi connectivity index (χ0) is 19.2. The summed E-state index contributed by atoms with van der Waals surface area (Å²) < 4.78 is 25.6. The predicted octanol–water partition coefficient (Wildman–Crippen LogP) is 4.53. The number of hydrazine groups is 1. The van der Waals surface area contributed by atoms with Gasteiger partial charge in [0.25, 0.3) is 0 Å². The third-order valence-electron chi connectivity index (χ3n) is 4.03. The summed E-state index contributed by atoms with van der Waals surface area (Å²) in [5.74, 6) is 0. The maximum Gasteiger partial charge on any atom is 0.250 e. The number of hydrogen-bond acceptors (Lipinski definition) is 5. The van der Waals surface area contributed by atoms with Gasteiger partial charge in [-0.1, -0.05) is 43.9 Å². The number of rotatable bonds is 10.